The first-order chi connectivity index (χ1) is 6.16. The maximum Gasteiger partial charge on any atom is 0.0521 e. The predicted molar refractivity (Wildman–Crippen MR) is 58.1 cm³/mol. The monoisotopic (exact) mass is 182 g/mol. The molecule has 0 unspecified atom stereocenters. The van der Waals surface area contributed by atoms with E-state index in [4.69, 9.17) is 0 Å². The maximum atomic E-state index is 4.27. The van der Waals surface area contributed by atoms with E-state index in [1.165, 1.54) is 11.3 Å². The first kappa shape index (κ1) is 12.2. The van der Waals surface area contributed by atoms with Crippen molar-refractivity contribution in [2.45, 2.75) is 54.0 Å². The Labute approximate surface area is 82.0 Å². The summed E-state index contributed by atoms with van der Waals surface area (Å²) >= 11 is 0. The van der Waals surface area contributed by atoms with Gasteiger partial charge in [-0.25, -0.2) is 0 Å². The van der Waals surface area contributed by atoms with Gasteiger partial charge in [-0.3, -0.25) is 4.68 Å². The lowest BCUT2D eigenvalue weighted by Crippen LogP contribution is -2.04. The molecule has 1 aromatic rings. The number of hydrogen-bond acceptors (Lipinski definition) is 1. The van der Waals surface area contributed by atoms with Crippen LogP contribution in [-0.4, -0.2) is 9.78 Å². The van der Waals surface area contributed by atoms with Crippen LogP contribution >= 0.6 is 0 Å². The molecule has 0 aliphatic heterocycles. The van der Waals surface area contributed by atoms with Crippen LogP contribution in [0.1, 0.15) is 51.8 Å². The van der Waals surface area contributed by atoms with E-state index in [0.717, 1.165) is 6.54 Å². The van der Waals surface area contributed by atoms with Gasteiger partial charge in [-0.1, -0.05) is 27.7 Å². The molecule has 0 aliphatic carbocycles. The van der Waals surface area contributed by atoms with E-state index in [1.54, 1.807) is 0 Å². The Morgan fingerprint density at radius 3 is 2.23 bits per heavy atom. The van der Waals surface area contributed by atoms with Crippen molar-refractivity contribution >= 4 is 0 Å². The first-order valence-corrected chi connectivity index (χ1v) is 5.19. The second-order valence-electron chi connectivity index (χ2n) is 3.18. The van der Waals surface area contributed by atoms with E-state index in [-0.39, 0.29) is 0 Å². The fourth-order valence-electron chi connectivity index (χ4n) is 1.49. The summed E-state index contributed by atoms with van der Waals surface area (Å²) in [6.45, 7) is 13.6. The van der Waals surface area contributed by atoms with Crippen molar-refractivity contribution in [3.8, 4) is 0 Å². The number of rotatable bonds is 2. The molecule has 76 valence electrons. The predicted octanol–water partition coefficient (Wildman–Crippen LogP) is 3.36. The Kier molecular flexibility index (Phi) is 5.44. The zero-order valence-electron chi connectivity index (χ0n) is 9.76. The molecule has 0 atom stereocenters. The molecule has 0 saturated heterocycles. The standard InChI is InChI=1S/C9H16N2.C2H6/c1-5-11-9(7(2)3)8(4)6-10-11;1-2/h6-7H,5H2,1-4H3;1-2H3. The summed E-state index contributed by atoms with van der Waals surface area (Å²) in [6, 6.07) is 0. The topological polar surface area (TPSA) is 17.8 Å². The van der Waals surface area contributed by atoms with E-state index < -0.39 is 0 Å². The van der Waals surface area contributed by atoms with Crippen molar-refractivity contribution in [2.75, 3.05) is 0 Å². The normalized spacial score (nSPS) is 9.77. The molecule has 2 heteroatoms. The number of nitrogens with zero attached hydrogens (tertiary/aromatic N) is 2. The fraction of sp³-hybridized carbons (Fsp3) is 0.727. The van der Waals surface area contributed by atoms with Gasteiger partial charge in [0.15, 0.2) is 0 Å². The van der Waals surface area contributed by atoms with Crippen LogP contribution in [-0.2, 0) is 6.54 Å². The molecule has 1 heterocycles. The molecule has 1 aromatic heterocycles. The molecule has 0 N–H and O–H groups in total. The van der Waals surface area contributed by atoms with E-state index in [1.807, 2.05) is 20.0 Å². The average molecular weight is 182 g/mol. The molecule has 0 aliphatic rings. The average Bonchev–Trinajstić information content (AvgIpc) is 2.50. The molecule has 0 saturated carbocycles. The van der Waals surface area contributed by atoms with Crippen LogP contribution in [0.5, 0.6) is 0 Å². The van der Waals surface area contributed by atoms with Crippen molar-refractivity contribution in [1.29, 1.82) is 0 Å². The highest BCUT2D eigenvalue weighted by molar-refractivity contribution is 5.18. The summed E-state index contributed by atoms with van der Waals surface area (Å²) in [7, 11) is 0. The van der Waals surface area contributed by atoms with E-state index in [9.17, 15) is 0 Å². The van der Waals surface area contributed by atoms with Crippen molar-refractivity contribution < 1.29 is 0 Å². The minimum Gasteiger partial charge on any atom is -0.269 e. The smallest absolute Gasteiger partial charge is 0.0521 e. The van der Waals surface area contributed by atoms with Crippen LogP contribution in [0.4, 0.5) is 0 Å². The number of aromatic nitrogens is 2. The largest absolute Gasteiger partial charge is 0.269 e. The van der Waals surface area contributed by atoms with Gasteiger partial charge in [0.05, 0.1) is 6.20 Å². The molecule has 0 spiro atoms. The fourth-order valence-corrected chi connectivity index (χ4v) is 1.49. The molecular formula is C11H22N2. The Balaban J connectivity index is 0.000000671. The van der Waals surface area contributed by atoms with Crippen LogP contribution < -0.4 is 0 Å². The highest BCUT2D eigenvalue weighted by Gasteiger charge is 2.08. The second kappa shape index (κ2) is 5.79. The van der Waals surface area contributed by atoms with Gasteiger partial charge in [0, 0.05) is 12.2 Å². The van der Waals surface area contributed by atoms with Gasteiger partial charge in [0.25, 0.3) is 0 Å². The summed E-state index contributed by atoms with van der Waals surface area (Å²) in [5, 5.41) is 4.27. The summed E-state index contributed by atoms with van der Waals surface area (Å²) in [5.74, 6) is 0.581. The highest BCUT2D eigenvalue weighted by atomic mass is 15.3. The summed E-state index contributed by atoms with van der Waals surface area (Å²) in [5.41, 5.74) is 2.68. The molecular weight excluding hydrogens is 160 g/mol. The SMILES string of the molecule is CC.CCn1ncc(C)c1C(C)C. The molecule has 0 radical (unpaired) electrons. The van der Waals surface area contributed by atoms with Crippen LogP contribution in [0, 0.1) is 6.92 Å². The molecule has 0 aromatic carbocycles. The maximum absolute atomic E-state index is 4.27. The van der Waals surface area contributed by atoms with Gasteiger partial charge in [0.1, 0.15) is 0 Å². The van der Waals surface area contributed by atoms with Crippen LogP contribution in [0.15, 0.2) is 6.20 Å². The highest BCUT2D eigenvalue weighted by Crippen LogP contribution is 2.17. The Bertz CT molecular complexity index is 236. The first-order valence-electron chi connectivity index (χ1n) is 5.19. The van der Waals surface area contributed by atoms with Gasteiger partial charge >= 0.3 is 0 Å². The zero-order valence-corrected chi connectivity index (χ0v) is 9.76. The molecule has 1 rings (SSSR count). The van der Waals surface area contributed by atoms with E-state index in [2.05, 4.69) is 37.5 Å². The Morgan fingerprint density at radius 1 is 1.38 bits per heavy atom. The minimum absolute atomic E-state index is 0.581. The van der Waals surface area contributed by atoms with E-state index >= 15 is 0 Å². The second-order valence-corrected chi connectivity index (χ2v) is 3.18. The van der Waals surface area contributed by atoms with Crippen molar-refractivity contribution in [1.82, 2.24) is 9.78 Å². The third kappa shape index (κ3) is 2.87. The van der Waals surface area contributed by atoms with Crippen LogP contribution in [0.25, 0.3) is 0 Å². The minimum atomic E-state index is 0.581. The summed E-state index contributed by atoms with van der Waals surface area (Å²) in [4.78, 5) is 0. The lowest BCUT2D eigenvalue weighted by molar-refractivity contribution is 0.596. The summed E-state index contributed by atoms with van der Waals surface area (Å²) in [6.07, 6.45) is 1.94. The lowest BCUT2D eigenvalue weighted by atomic mass is 10.1. The van der Waals surface area contributed by atoms with E-state index in [0.29, 0.717) is 5.92 Å². The van der Waals surface area contributed by atoms with Crippen LogP contribution in [0.2, 0.25) is 0 Å². The Morgan fingerprint density at radius 2 is 1.92 bits per heavy atom. The third-order valence-corrected chi connectivity index (χ3v) is 1.92. The van der Waals surface area contributed by atoms with Gasteiger partial charge in [-0.05, 0) is 25.3 Å². The van der Waals surface area contributed by atoms with Gasteiger partial charge in [0.2, 0.25) is 0 Å². The number of aryl methyl sites for hydroxylation is 2. The van der Waals surface area contributed by atoms with Crippen LogP contribution in [0.3, 0.4) is 0 Å². The quantitative estimate of drug-likeness (QED) is 0.685. The lowest BCUT2D eigenvalue weighted by Gasteiger charge is -2.08. The molecule has 13 heavy (non-hydrogen) atoms. The van der Waals surface area contributed by atoms with Crippen molar-refractivity contribution in [2.24, 2.45) is 0 Å². The molecule has 2 nitrogen and oxygen atoms in total. The van der Waals surface area contributed by atoms with Gasteiger partial charge < -0.3 is 0 Å². The summed E-state index contributed by atoms with van der Waals surface area (Å²) < 4.78 is 2.07. The third-order valence-electron chi connectivity index (χ3n) is 1.92. The number of hydrogen-bond donors (Lipinski definition) is 0. The van der Waals surface area contributed by atoms with Gasteiger partial charge in [-0.15, -0.1) is 0 Å². The molecule has 0 amide bonds. The molecule has 0 fully saturated rings. The Hall–Kier alpha value is -0.790. The van der Waals surface area contributed by atoms with Gasteiger partial charge in [-0.2, -0.15) is 5.10 Å². The molecule has 0 bridgehead atoms. The van der Waals surface area contributed by atoms with Crippen molar-refractivity contribution in [3.05, 3.63) is 17.5 Å². The van der Waals surface area contributed by atoms with Crippen molar-refractivity contribution in [3.63, 3.8) is 0 Å². The zero-order chi connectivity index (χ0) is 10.4.